The van der Waals surface area contributed by atoms with E-state index < -0.39 is 11.6 Å². The predicted octanol–water partition coefficient (Wildman–Crippen LogP) is 6.13. The largest absolute Gasteiger partial charge is 0.207 e. The van der Waals surface area contributed by atoms with Crippen LogP contribution in [0.2, 0.25) is 0 Å². The van der Waals surface area contributed by atoms with Crippen LogP contribution in [-0.4, -0.2) is 0 Å². The zero-order valence-corrected chi connectivity index (χ0v) is 13.9. The van der Waals surface area contributed by atoms with Crippen LogP contribution < -0.4 is 0 Å². The molecule has 0 unspecified atom stereocenters. The zero-order chi connectivity index (χ0) is 16.7. The second kappa shape index (κ2) is 8.61. The molecule has 0 spiro atoms. The van der Waals surface area contributed by atoms with Crippen molar-refractivity contribution in [2.75, 3.05) is 0 Å². The minimum atomic E-state index is -0.432. The van der Waals surface area contributed by atoms with Crippen LogP contribution in [0.1, 0.15) is 48.9 Å². The normalized spacial score (nSPS) is 11.3. The third-order valence-corrected chi connectivity index (χ3v) is 4.00. The molecule has 0 saturated carbocycles. The Bertz CT molecular complexity index is 631. The van der Waals surface area contributed by atoms with Crippen molar-refractivity contribution in [3.05, 3.63) is 76.4 Å². The SMILES string of the molecule is CCC/C=C/c1ccc(CCc2cc(F)c(CC)c(F)c2)cc1. The summed E-state index contributed by atoms with van der Waals surface area (Å²) >= 11 is 0. The van der Waals surface area contributed by atoms with E-state index in [9.17, 15) is 8.78 Å². The number of aryl methyl sites for hydroxylation is 2. The van der Waals surface area contributed by atoms with Gasteiger partial charge in [-0.2, -0.15) is 0 Å². The van der Waals surface area contributed by atoms with Crippen molar-refractivity contribution in [3.8, 4) is 0 Å². The van der Waals surface area contributed by atoms with Gasteiger partial charge in [-0.05, 0) is 54.5 Å². The highest BCUT2D eigenvalue weighted by Gasteiger charge is 2.09. The minimum Gasteiger partial charge on any atom is -0.207 e. The molecule has 2 aromatic carbocycles. The quantitative estimate of drug-likeness (QED) is 0.577. The Hall–Kier alpha value is -1.96. The molecule has 0 aliphatic heterocycles. The molecule has 0 aromatic heterocycles. The molecule has 0 aliphatic carbocycles. The van der Waals surface area contributed by atoms with E-state index in [-0.39, 0.29) is 5.56 Å². The van der Waals surface area contributed by atoms with Crippen molar-refractivity contribution in [2.45, 2.75) is 46.0 Å². The fourth-order valence-electron chi connectivity index (χ4n) is 2.61. The van der Waals surface area contributed by atoms with Crippen LogP contribution in [0.15, 0.2) is 42.5 Å². The van der Waals surface area contributed by atoms with E-state index in [4.69, 9.17) is 0 Å². The number of hydrogen-bond donors (Lipinski definition) is 0. The third kappa shape index (κ3) is 5.02. The first kappa shape index (κ1) is 17.4. The molecule has 0 N–H and O–H groups in total. The van der Waals surface area contributed by atoms with Gasteiger partial charge in [-0.15, -0.1) is 0 Å². The summed E-state index contributed by atoms with van der Waals surface area (Å²) in [5.74, 6) is -0.863. The van der Waals surface area contributed by atoms with Crippen molar-refractivity contribution < 1.29 is 8.78 Å². The van der Waals surface area contributed by atoms with Gasteiger partial charge in [0.05, 0.1) is 0 Å². The number of halogens is 2. The van der Waals surface area contributed by atoms with Gasteiger partial charge in [-0.25, -0.2) is 8.78 Å². The lowest BCUT2D eigenvalue weighted by atomic mass is 10.0. The molecule has 0 bridgehead atoms. The second-order valence-corrected chi connectivity index (χ2v) is 5.82. The van der Waals surface area contributed by atoms with Gasteiger partial charge in [0.1, 0.15) is 11.6 Å². The molecular weight excluding hydrogens is 290 g/mol. The molecule has 2 heteroatoms. The maximum Gasteiger partial charge on any atom is 0.129 e. The smallest absolute Gasteiger partial charge is 0.129 e. The van der Waals surface area contributed by atoms with Gasteiger partial charge in [0.2, 0.25) is 0 Å². The Morgan fingerprint density at radius 3 is 2.04 bits per heavy atom. The first-order valence-corrected chi connectivity index (χ1v) is 8.36. The van der Waals surface area contributed by atoms with Gasteiger partial charge in [0.25, 0.3) is 0 Å². The average molecular weight is 314 g/mol. The highest BCUT2D eigenvalue weighted by atomic mass is 19.1. The fourth-order valence-corrected chi connectivity index (χ4v) is 2.61. The van der Waals surface area contributed by atoms with E-state index in [1.807, 2.05) is 0 Å². The second-order valence-electron chi connectivity index (χ2n) is 5.82. The summed E-state index contributed by atoms with van der Waals surface area (Å²) in [7, 11) is 0. The molecule has 0 heterocycles. The lowest BCUT2D eigenvalue weighted by molar-refractivity contribution is 0.555. The van der Waals surface area contributed by atoms with Crippen molar-refractivity contribution >= 4 is 6.08 Å². The van der Waals surface area contributed by atoms with Gasteiger partial charge in [-0.1, -0.05) is 56.7 Å². The third-order valence-electron chi connectivity index (χ3n) is 4.00. The topological polar surface area (TPSA) is 0 Å². The summed E-state index contributed by atoms with van der Waals surface area (Å²) in [5.41, 5.74) is 3.26. The first-order chi connectivity index (χ1) is 11.1. The Balaban J connectivity index is 1.98. The van der Waals surface area contributed by atoms with Crippen LogP contribution in [0.5, 0.6) is 0 Å². The highest BCUT2D eigenvalue weighted by Crippen LogP contribution is 2.18. The Morgan fingerprint density at radius 1 is 0.870 bits per heavy atom. The molecule has 122 valence electrons. The van der Waals surface area contributed by atoms with Gasteiger partial charge in [-0.3, -0.25) is 0 Å². The summed E-state index contributed by atoms with van der Waals surface area (Å²) in [5, 5.41) is 0. The maximum absolute atomic E-state index is 13.8. The monoisotopic (exact) mass is 314 g/mol. The van der Waals surface area contributed by atoms with Crippen molar-refractivity contribution in [1.29, 1.82) is 0 Å². The van der Waals surface area contributed by atoms with Crippen LogP contribution in [0.3, 0.4) is 0 Å². The molecule has 0 fully saturated rings. The van der Waals surface area contributed by atoms with Crippen LogP contribution in [-0.2, 0) is 19.3 Å². The zero-order valence-electron chi connectivity index (χ0n) is 13.9. The minimum absolute atomic E-state index is 0.178. The number of rotatable bonds is 7. The molecule has 0 aliphatic rings. The standard InChI is InChI=1S/C21H24F2/c1-3-5-6-7-16-8-10-17(11-9-16)12-13-18-14-20(22)19(4-2)21(23)15-18/h6-11,14-15H,3-5,12-13H2,1-2H3/b7-6+. The Kier molecular flexibility index (Phi) is 6.52. The average Bonchev–Trinajstić information content (AvgIpc) is 2.54. The lowest BCUT2D eigenvalue weighted by Crippen LogP contribution is -1.99. The van der Waals surface area contributed by atoms with Crippen LogP contribution in [0.25, 0.3) is 6.08 Å². The summed E-state index contributed by atoms with van der Waals surface area (Å²) in [4.78, 5) is 0. The summed E-state index contributed by atoms with van der Waals surface area (Å²) in [6.07, 6.45) is 8.35. The van der Waals surface area contributed by atoms with Crippen LogP contribution >= 0.6 is 0 Å². The van der Waals surface area contributed by atoms with E-state index in [2.05, 4.69) is 43.3 Å². The van der Waals surface area contributed by atoms with Crippen molar-refractivity contribution in [1.82, 2.24) is 0 Å². The number of allylic oxidation sites excluding steroid dienone is 1. The molecule has 0 amide bonds. The van der Waals surface area contributed by atoms with E-state index in [0.29, 0.717) is 18.4 Å². The van der Waals surface area contributed by atoms with Gasteiger partial charge in [0.15, 0.2) is 0 Å². The lowest BCUT2D eigenvalue weighted by Gasteiger charge is -2.07. The van der Waals surface area contributed by atoms with Crippen molar-refractivity contribution in [2.24, 2.45) is 0 Å². The summed E-state index contributed by atoms with van der Waals surface area (Å²) < 4.78 is 27.6. The van der Waals surface area contributed by atoms with Crippen LogP contribution in [0, 0.1) is 11.6 Å². The Morgan fingerprint density at radius 2 is 1.48 bits per heavy atom. The van der Waals surface area contributed by atoms with E-state index in [1.54, 1.807) is 6.92 Å². The van der Waals surface area contributed by atoms with Gasteiger partial charge < -0.3 is 0 Å². The number of benzene rings is 2. The summed E-state index contributed by atoms with van der Waals surface area (Å²) in [6.45, 7) is 3.92. The molecular formula is C21H24F2. The first-order valence-electron chi connectivity index (χ1n) is 8.36. The Labute approximate surface area is 137 Å². The van der Waals surface area contributed by atoms with Crippen LogP contribution in [0.4, 0.5) is 8.78 Å². The van der Waals surface area contributed by atoms with Gasteiger partial charge in [0, 0.05) is 5.56 Å². The fraction of sp³-hybridized carbons (Fsp3) is 0.333. The molecule has 23 heavy (non-hydrogen) atoms. The summed E-state index contributed by atoms with van der Waals surface area (Å²) in [6, 6.07) is 11.3. The van der Waals surface area contributed by atoms with E-state index in [1.165, 1.54) is 23.3 Å². The molecule has 2 rings (SSSR count). The molecule has 0 nitrogen and oxygen atoms in total. The highest BCUT2D eigenvalue weighted by molar-refractivity contribution is 5.49. The molecule has 0 atom stereocenters. The number of hydrogen-bond acceptors (Lipinski definition) is 0. The predicted molar refractivity (Wildman–Crippen MR) is 93.5 cm³/mol. The van der Waals surface area contributed by atoms with Gasteiger partial charge >= 0.3 is 0 Å². The number of unbranched alkanes of at least 4 members (excludes halogenated alkanes) is 1. The molecule has 0 saturated heterocycles. The van der Waals surface area contributed by atoms with Crippen molar-refractivity contribution in [3.63, 3.8) is 0 Å². The molecule has 0 radical (unpaired) electrons. The van der Waals surface area contributed by atoms with E-state index >= 15 is 0 Å². The maximum atomic E-state index is 13.8. The van der Waals surface area contributed by atoms with E-state index in [0.717, 1.165) is 19.3 Å². The molecule has 2 aromatic rings.